The summed E-state index contributed by atoms with van der Waals surface area (Å²) < 4.78 is 12.6. The Kier molecular flexibility index (Phi) is 4.41. The van der Waals surface area contributed by atoms with Gasteiger partial charge in [-0.25, -0.2) is 9.97 Å². The van der Waals surface area contributed by atoms with Gasteiger partial charge in [-0.05, 0) is 31.5 Å². The van der Waals surface area contributed by atoms with Crippen molar-refractivity contribution >= 4 is 0 Å². The maximum absolute atomic E-state index is 5.53. The second-order valence-electron chi connectivity index (χ2n) is 5.39. The van der Waals surface area contributed by atoms with Crippen molar-refractivity contribution in [2.75, 3.05) is 14.2 Å². The third-order valence-corrected chi connectivity index (χ3v) is 3.55. The molecule has 0 aliphatic rings. The van der Waals surface area contributed by atoms with Crippen LogP contribution in [-0.2, 0) is 6.42 Å². The van der Waals surface area contributed by atoms with Crippen LogP contribution in [0.4, 0.5) is 0 Å². The normalized spacial score (nSPS) is 10.7. The van der Waals surface area contributed by atoms with E-state index in [-0.39, 0.29) is 0 Å². The molecular formula is C17H19N5O2. The number of ether oxygens (including phenoxy) is 2. The van der Waals surface area contributed by atoms with Crippen LogP contribution < -0.4 is 9.47 Å². The predicted molar refractivity (Wildman–Crippen MR) is 88.8 cm³/mol. The summed E-state index contributed by atoms with van der Waals surface area (Å²) in [6.45, 7) is 3.77. The summed E-state index contributed by atoms with van der Waals surface area (Å²) in [6, 6.07) is 6.34. The van der Waals surface area contributed by atoms with Gasteiger partial charge in [0, 0.05) is 12.6 Å². The quantitative estimate of drug-likeness (QED) is 0.716. The molecule has 3 aromatic rings. The fourth-order valence-corrected chi connectivity index (χ4v) is 2.46. The summed E-state index contributed by atoms with van der Waals surface area (Å²) >= 11 is 0. The molecule has 0 N–H and O–H groups in total. The third-order valence-electron chi connectivity index (χ3n) is 3.55. The van der Waals surface area contributed by atoms with Crippen molar-refractivity contribution < 1.29 is 9.47 Å². The highest BCUT2D eigenvalue weighted by molar-refractivity contribution is 5.49. The van der Waals surface area contributed by atoms with Crippen molar-refractivity contribution in [1.82, 2.24) is 24.5 Å². The molecule has 3 rings (SSSR count). The lowest BCUT2D eigenvalue weighted by molar-refractivity contribution is 0.374. The second kappa shape index (κ2) is 6.66. The van der Waals surface area contributed by atoms with E-state index >= 15 is 0 Å². The molecule has 0 amide bonds. The number of hydrogen-bond donors (Lipinski definition) is 0. The molecule has 0 aliphatic heterocycles. The highest BCUT2D eigenvalue weighted by Crippen LogP contribution is 2.25. The van der Waals surface area contributed by atoms with E-state index in [1.807, 2.05) is 42.8 Å². The van der Waals surface area contributed by atoms with Crippen LogP contribution in [0.3, 0.4) is 0 Å². The predicted octanol–water partition coefficient (Wildman–Crippen LogP) is 2.28. The maximum atomic E-state index is 5.53. The van der Waals surface area contributed by atoms with E-state index in [1.54, 1.807) is 20.5 Å². The lowest BCUT2D eigenvalue weighted by Crippen LogP contribution is -2.04. The highest BCUT2D eigenvalue weighted by Gasteiger charge is 2.10. The summed E-state index contributed by atoms with van der Waals surface area (Å²) in [7, 11) is 3.20. The average Bonchev–Trinajstić information content (AvgIpc) is 3.00. The van der Waals surface area contributed by atoms with Crippen LogP contribution in [0.15, 0.2) is 30.7 Å². The van der Waals surface area contributed by atoms with E-state index in [1.165, 1.54) is 0 Å². The Morgan fingerprint density at radius 3 is 2.54 bits per heavy atom. The number of nitrogens with zero attached hydrogens (tertiary/aromatic N) is 5. The summed E-state index contributed by atoms with van der Waals surface area (Å²) in [4.78, 5) is 17.0. The summed E-state index contributed by atoms with van der Waals surface area (Å²) in [6.07, 6.45) is 4.30. The van der Waals surface area contributed by atoms with Crippen LogP contribution in [0.1, 0.15) is 22.9 Å². The largest absolute Gasteiger partial charge is 0.495 e. The molecule has 0 unspecified atom stereocenters. The molecular weight excluding hydrogens is 306 g/mol. The molecule has 7 heteroatoms. The van der Waals surface area contributed by atoms with Gasteiger partial charge in [-0.3, -0.25) is 0 Å². The lowest BCUT2D eigenvalue weighted by Gasteiger charge is -2.11. The van der Waals surface area contributed by atoms with Crippen LogP contribution in [0, 0.1) is 13.8 Å². The van der Waals surface area contributed by atoms with Crippen LogP contribution in [0.5, 0.6) is 11.8 Å². The van der Waals surface area contributed by atoms with Crippen molar-refractivity contribution in [3.8, 4) is 17.4 Å². The van der Waals surface area contributed by atoms with Crippen molar-refractivity contribution in [3.05, 3.63) is 53.6 Å². The molecule has 2 aromatic heterocycles. The molecule has 0 bridgehead atoms. The van der Waals surface area contributed by atoms with Crippen molar-refractivity contribution in [2.24, 2.45) is 0 Å². The second-order valence-corrected chi connectivity index (χ2v) is 5.39. The minimum absolute atomic E-state index is 0.329. The maximum Gasteiger partial charge on any atom is 0.319 e. The average molecular weight is 325 g/mol. The SMILES string of the molecule is COc1nc(C)nc(Cc2ccc(-n3cnc(C)c3)c(OC)c2)n1. The molecule has 2 heterocycles. The molecule has 0 spiro atoms. The Morgan fingerprint density at radius 1 is 1.04 bits per heavy atom. The van der Waals surface area contributed by atoms with E-state index in [9.17, 15) is 0 Å². The molecule has 124 valence electrons. The van der Waals surface area contributed by atoms with Crippen molar-refractivity contribution in [2.45, 2.75) is 20.3 Å². The van der Waals surface area contributed by atoms with Gasteiger partial charge in [-0.15, -0.1) is 0 Å². The van der Waals surface area contributed by atoms with Gasteiger partial charge in [0.1, 0.15) is 17.4 Å². The van der Waals surface area contributed by atoms with E-state index in [0.29, 0.717) is 24.1 Å². The molecule has 7 nitrogen and oxygen atoms in total. The van der Waals surface area contributed by atoms with Crippen molar-refractivity contribution in [3.63, 3.8) is 0 Å². The molecule has 0 atom stereocenters. The number of methoxy groups -OCH3 is 2. The van der Waals surface area contributed by atoms with E-state index < -0.39 is 0 Å². The van der Waals surface area contributed by atoms with Crippen LogP contribution >= 0.6 is 0 Å². The minimum Gasteiger partial charge on any atom is -0.495 e. The van der Waals surface area contributed by atoms with Gasteiger partial charge in [-0.2, -0.15) is 9.97 Å². The third kappa shape index (κ3) is 3.34. The molecule has 0 aliphatic carbocycles. The first-order valence-corrected chi connectivity index (χ1v) is 7.52. The molecule has 0 radical (unpaired) electrons. The zero-order valence-electron chi connectivity index (χ0n) is 14.1. The zero-order chi connectivity index (χ0) is 17.1. The topological polar surface area (TPSA) is 75.0 Å². The van der Waals surface area contributed by atoms with Crippen LogP contribution in [0.2, 0.25) is 0 Å². The number of rotatable bonds is 5. The number of benzene rings is 1. The van der Waals surface area contributed by atoms with E-state index in [4.69, 9.17) is 9.47 Å². The van der Waals surface area contributed by atoms with Crippen LogP contribution in [-0.4, -0.2) is 38.7 Å². The number of imidazole rings is 1. The molecule has 24 heavy (non-hydrogen) atoms. The molecule has 1 aromatic carbocycles. The van der Waals surface area contributed by atoms with Gasteiger partial charge < -0.3 is 14.0 Å². The first-order valence-electron chi connectivity index (χ1n) is 7.52. The fourth-order valence-electron chi connectivity index (χ4n) is 2.46. The summed E-state index contributed by atoms with van der Waals surface area (Å²) in [5.74, 6) is 2.06. The van der Waals surface area contributed by atoms with Crippen molar-refractivity contribution in [1.29, 1.82) is 0 Å². The van der Waals surface area contributed by atoms with Gasteiger partial charge in [-0.1, -0.05) is 6.07 Å². The van der Waals surface area contributed by atoms with Crippen LogP contribution in [0.25, 0.3) is 5.69 Å². The Hall–Kier alpha value is -2.96. The van der Waals surface area contributed by atoms with E-state index in [0.717, 1.165) is 22.7 Å². The monoisotopic (exact) mass is 325 g/mol. The van der Waals surface area contributed by atoms with Gasteiger partial charge in [0.25, 0.3) is 0 Å². The fraction of sp³-hybridized carbons (Fsp3) is 0.294. The Labute approximate surface area is 140 Å². The van der Waals surface area contributed by atoms with Gasteiger partial charge >= 0.3 is 6.01 Å². The molecule has 0 saturated carbocycles. The zero-order valence-corrected chi connectivity index (χ0v) is 14.1. The minimum atomic E-state index is 0.329. The summed E-state index contributed by atoms with van der Waals surface area (Å²) in [5, 5.41) is 0. The lowest BCUT2D eigenvalue weighted by atomic mass is 10.1. The first-order chi connectivity index (χ1) is 11.6. The Balaban J connectivity index is 1.91. The Morgan fingerprint density at radius 2 is 1.88 bits per heavy atom. The van der Waals surface area contributed by atoms with Gasteiger partial charge in [0.05, 0.1) is 31.9 Å². The number of aromatic nitrogens is 5. The number of aryl methyl sites for hydroxylation is 2. The highest BCUT2D eigenvalue weighted by atomic mass is 16.5. The smallest absolute Gasteiger partial charge is 0.319 e. The van der Waals surface area contributed by atoms with Gasteiger partial charge in [0.15, 0.2) is 0 Å². The first kappa shape index (κ1) is 15.9. The van der Waals surface area contributed by atoms with E-state index in [2.05, 4.69) is 19.9 Å². The molecule has 0 saturated heterocycles. The molecule has 0 fully saturated rings. The standard InChI is InChI=1S/C17H19N5O2/c1-11-9-22(10-18-11)14-6-5-13(7-15(14)23-3)8-16-19-12(2)20-17(21-16)24-4/h5-7,9-10H,8H2,1-4H3. The van der Waals surface area contributed by atoms with Gasteiger partial charge in [0.2, 0.25) is 0 Å². The number of hydrogen-bond acceptors (Lipinski definition) is 6. The Bertz CT molecular complexity index is 860. The summed E-state index contributed by atoms with van der Waals surface area (Å²) in [5.41, 5.74) is 2.93.